The Bertz CT molecular complexity index is 386. The largest absolute Gasteiger partial charge is 0.396 e. The number of nitrogens with two attached hydrogens (primary N) is 1. The van der Waals surface area contributed by atoms with Crippen molar-refractivity contribution < 1.29 is 0 Å². The number of hydrogen-bond acceptors (Lipinski definition) is 4. The van der Waals surface area contributed by atoms with Gasteiger partial charge in [-0.15, -0.1) is 0 Å². The predicted molar refractivity (Wildman–Crippen MR) is 48.3 cm³/mol. The molecule has 2 aromatic rings. The van der Waals surface area contributed by atoms with E-state index < -0.39 is 0 Å². The fourth-order valence-electron chi connectivity index (χ4n) is 0.985. The quantitative estimate of drug-likeness (QED) is 0.687. The molecule has 0 saturated heterocycles. The van der Waals surface area contributed by atoms with Crippen LogP contribution in [-0.2, 0) is 0 Å². The molecule has 0 aliphatic rings. The van der Waals surface area contributed by atoms with Crippen molar-refractivity contribution in [1.82, 2.24) is 19.7 Å². The maximum Gasteiger partial charge on any atom is 0.250 e. The van der Waals surface area contributed by atoms with E-state index in [1.54, 1.807) is 29.3 Å². The van der Waals surface area contributed by atoms with Crippen molar-refractivity contribution in [1.29, 1.82) is 0 Å². The Morgan fingerprint density at radius 2 is 2.00 bits per heavy atom. The Morgan fingerprint density at radius 3 is 2.54 bits per heavy atom. The fourth-order valence-corrected chi connectivity index (χ4v) is 0.985. The van der Waals surface area contributed by atoms with Crippen LogP contribution >= 0.6 is 0 Å². The smallest absolute Gasteiger partial charge is 0.250 e. The molecule has 0 aromatic carbocycles. The Hall–Kier alpha value is -1.91. The first kappa shape index (κ1) is 7.72. The van der Waals surface area contributed by atoms with Crippen LogP contribution in [0.2, 0.25) is 0 Å². The molecule has 0 atom stereocenters. The summed E-state index contributed by atoms with van der Waals surface area (Å²) in [4.78, 5) is 8.07. The second-order valence-electron chi connectivity index (χ2n) is 2.66. The highest BCUT2D eigenvalue weighted by Gasteiger charge is 2.03. The van der Waals surface area contributed by atoms with Gasteiger partial charge in [0, 0.05) is 12.4 Å². The molecular weight excluding hydrogens is 166 g/mol. The van der Waals surface area contributed by atoms with E-state index in [1.165, 1.54) is 0 Å². The minimum absolute atomic E-state index is 0.530. The van der Waals surface area contributed by atoms with Crippen LogP contribution in [0.5, 0.6) is 0 Å². The third kappa shape index (κ3) is 1.35. The number of aromatic nitrogens is 4. The van der Waals surface area contributed by atoms with E-state index in [1.807, 2.05) is 6.92 Å². The van der Waals surface area contributed by atoms with Crippen LogP contribution in [0.15, 0.2) is 24.7 Å². The molecule has 0 unspecified atom stereocenters. The van der Waals surface area contributed by atoms with Crippen molar-refractivity contribution in [2.45, 2.75) is 6.92 Å². The molecule has 0 amide bonds. The molecular formula is C8H9N5. The van der Waals surface area contributed by atoms with Gasteiger partial charge in [0.15, 0.2) is 0 Å². The van der Waals surface area contributed by atoms with Crippen LogP contribution in [0.1, 0.15) is 5.69 Å². The highest BCUT2D eigenvalue weighted by Crippen LogP contribution is 2.08. The fraction of sp³-hybridized carbons (Fsp3) is 0.125. The zero-order valence-electron chi connectivity index (χ0n) is 7.18. The van der Waals surface area contributed by atoms with Crippen molar-refractivity contribution >= 4 is 5.69 Å². The van der Waals surface area contributed by atoms with Gasteiger partial charge in [-0.2, -0.15) is 5.10 Å². The first-order valence-electron chi connectivity index (χ1n) is 3.86. The Kier molecular flexibility index (Phi) is 1.70. The summed E-state index contributed by atoms with van der Waals surface area (Å²) in [7, 11) is 0. The lowest BCUT2D eigenvalue weighted by Crippen LogP contribution is -2.00. The van der Waals surface area contributed by atoms with E-state index in [0.717, 1.165) is 5.69 Å². The van der Waals surface area contributed by atoms with E-state index >= 15 is 0 Å². The third-order valence-corrected chi connectivity index (χ3v) is 1.69. The monoisotopic (exact) mass is 175 g/mol. The van der Waals surface area contributed by atoms with Gasteiger partial charge in [0.25, 0.3) is 5.95 Å². The van der Waals surface area contributed by atoms with E-state index in [4.69, 9.17) is 5.73 Å². The van der Waals surface area contributed by atoms with Crippen molar-refractivity contribution in [3.8, 4) is 5.95 Å². The first-order valence-corrected chi connectivity index (χ1v) is 3.86. The summed E-state index contributed by atoms with van der Waals surface area (Å²) in [5.74, 6) is 0.530. The lowest BCUT2D eigenvalue weighted by molar-refractivity contribution is 0.797. The number of nitrogens with zero attached hydrogens (tertiary/aromatic N) is 4. The van der Waals surface area contributed by atoms with Gasteiger partial charge in [0.2, 0.25) is 0 Å². The van der Waals surface area contributed by atoms with Crippen molar-refractivity contribution in [2.75, 3.05) is 5.73 Å². The van der Waals surface area contributed by atoms with Gasteiger partial charge in [-0.05, 0) is 13.0 Å². The third-order valence-electron chi connectivity index (χ3n) is 1.69. The molecule has 13 heavy (non-hydrogen) atoms. The molecule has 0 bridgehead atoms. The van der Waals surface area contributed by atoms with E-state index in [-0.39, 0.29) is 0 Å². The molecule has 0 aliphatic heterocycles. The van der Waals surface area contributed by atoms with E-state index in [9.17, 15) is 0 Å². The molecule has 66 valence electrons. The predicted octanol–water partition coefficient (Wildman–Crippen LogP) is 0.553. The van der Waals surface area contributed by atoms with Gasteiger partial charge >= 0.3 is 0 Å². The summed E-state index contributed by atoms with van der Waals surface area (Å²) >= 11 is 0. The molecule has 0 spiro atoms. The van der Waals surface area contributed by atoms with Gasteiger partial charge in [0.1, 0.15) is 0 Å². The molecule has 2 rings (SSSR count). The van der Waals surface area contributed by atoms with Crippen LogP contribution in [0.4, 0.5) is 5.69 Å². The van der Waals surface area contributed by atoms with Gasteiger partial charge < -0.3 is 5.73 Å². The average molecular weight is 175 g/mol. The van der Waals surface area contributed by atoms with Crippen LogP contribution in [0.3, 0.4) is 0 Å². The van der Waals surface area contributed by atoms with Crippen LogP contribution in [0, 0.1) is 6.92 Å². The highest BCUT2D eigenvalue weighted by atomic mass is 15.3. The summed E-state index contributed by atoms with van der Waals surface area (Å²) in [5.41, 5.74) is 7.07. The van der Waals surface area contributed by atoms with Crippen molar-refractivity contribution in [3.05, 3.63) is 30.4 Å². The minimum Gasteiger partial charge on any atom is -0.396 e. The highest BCUT2D eigenvalue weighted by molar-refractivity contribution is 5.41. The maximum absolute atomic E-state index is 5.64. The number of anilines is 1. The molecule has 2 heterocycles. The number of rotatable bonds is 1. The van der Waals surface area contributed by atoms with Gasteiger partial charge in [-0.3, -0.25) is 0 Å². The number of nitrogen functional groups attached to an aromatic ring is 1. The maximum atomic E-state index is 5.64. The second kappa shape index (κ2) is 2.85. The topological polar surface area (TPSA) is 69.6 Å². The first-order chi connectivity index (χ1) is 6.27. The molecule has 2 N–H and O–H groups in total. The summed E-state index contributed by atoms with van der Waals surface area (Å²) in [6.07, 6.45) is 5.02. The van der Waals surface area contributed by atoms with Crippen LogP contribution < -0.4 is 5.73 Å². The Balaban J connectivity index is 2.48. The zero-order chi connectivity index (χ0) is 9.26. The molecule has 5 heteroatoms. The average Bonchev–Trinajstić information content (AvgIpc) is 2.49. The summed E-state index contributed by atoms with van der Waals surface area (Å²) < 4.78 is 1.56. The standard InChI is InChI=1S/C8H9N5/c1-6-7(9)5-13(12-6)8-10-3-2-4-11-8/h2-5H,9H2,1H3. The summed E-state index contributed by atoms with van der Waals surface area (Å²) in [5, 5.41) is 4.15. The van der Waals surface area contributed by atoms with Gasteiger partial charge in [-0.25, -0.2) is 14.6 Å². The molecule has 2 aromatic heterocycles. The van der Waals surface area contributed by atoms with Crippen LogP contribution in [-0.4, -0.2) is 19.7 Å². The van der Waals surface area contributed by atoms with E-state index in [2.05, 4.69) is 15.1 Å². The second-order valence-corrected chi connectivity index (χ2v) is 2.66. The summed E-state index contributed by atoms with van der Waals surface area (Å²) in [6.45, 7) is 1.84. The Morgan fingerprint density at radius 1 is 1.31 bits per heavy atom. The minimum atomic E-state index is 0.530. The molecule has 0 radical (unpaired) electrons. The molecule has 0 aliphatic carbocycles. The van der Waals surface area contributed by atoms with Gasteiger partial charge in [-0.1, -0.05) is 0 Å². The van der Waals surface area contributed by atoms with E-state index in [0.29, 0.717) is 11.6 Å². The van der Waals surface area contributed by atoms with Crippen molar-refractivity contribution in [3.63, 3.8) is 0 Å². The molecule has 5 nitrogen and oxygen atoms in total. The van der Waals surface area contributed by atoms with Crippen LogP contribution in [0.25, 0.3) is 5.95 Å². The Labute approximate surface area is 75.2 Å². The SMILES string of the molecule is Cc1nn(-c2ncccn2)cc1N. The number of hydrogen-bond donors (Lipinski definition) is 1. The molecule has 0 saturated carbocycles. The van der Waals surface area contributed by atoms with Gasteiger partial charge in [0.05, 0.1) is 17.6 Å². The zero-order valence-corrected chi connectivity index (χ0v) is 7.18. The van der Waals surface area contributed by atoms with Crippen molar-refractivity contribution in [2.24, 2.45) is 0 Å². The number of aryl methyl sites for hydroxylation is 1. The summed E-state index contributed by atoms with van der Waals surface area (Å²) in [6, 6.07) is 1.75. The normalized spacial score (nSPS) is 10.2. The lowest BCUT2D eigenvalue weighted by atomic mass is 10.4. The molecule has 0 fully saturated rings. The lowest BCUT2D eigenvalue weighted by Gasteiger charge is -1.95.